The molecule has 176 valence electrons. The zero-order valence-corrected chi connectivity index (χ0v) is 20.4. The van der Waals surface area contributed by atoms with E-state index in [1.54, 1.807) is 4.90 Å². The molecular formula is C26H37NO4S. The van der Waals surface area contributed by atoms with Gasteiger partial charge in [-0.15, -0.1) is 11.3 Å². The molecule has 2 fully saturated rings. The van der Waals surface area contributed by atoms with Gasteiger partial charge < -0.3 is 15.1 Å². The summed E-state index contributed by atoms with van der Waals surface area (Å²) < 4.78 is 0. The molecule has 1 atom stereocenters. The van der Waals surface area contributed by atoms with Crippen molar-refractivity contribution in [3.8, 4) is 11.8 Å². The maximum absolute atomic E-state index is 13.8. The maximum Gasteiger partial charge on any atom is 0.348 e. The summed E-state index contributed by atoms with van der Waals surface area (Å²) in [5, 5.41) is 19.9. The lowest BCUT2D eigenvalue weighted by Crippen LogP contribution is -2.47. The SMILES string of the molecule is CCCC(C)C#Cc1cc(N(C(=O)C2CCC(C)CC2)C2CCC(O)CC2)c(C(=O)O)s1. The van der Waals surface area contributed by atoms with Crippen LogP contribution in [0.4, 0.5) is 5.69 Å². The van der Waals surface area contributed by atoms with E-state index in [0.29, 0.717) is 42.2 Å². The lowest BCUT2D eigenvalue weighted by Gasteiger charge is -2.38. The third-order valence-corrected chi connectivity index (χ3v) is 7.99. The van der Waals surface area contributed by atoms with E-state index in [1.807, 2.05) is 6.07 Å². The van der Waals surface area contributed by atoms with Crippen molar-refractivity contribution >= 4 is 28.9 Å². The van der Waals surface area contributed by atoms with Crippen molar-refractivity contribution < 1.29 is 19.8 Å². The number of carbonyl (C=O) groups excluding carboxylic acids is 1. The number of carboxylic acid groups (broad SMARTS) is 1. The summed E-state index contributed by atoms with van der Waals surface area (Å²) in [6.45, 7) is 6.43. The molecule has 1 amide bonds. The molecule has 0 spiro atoms. The number of carboxylic acids is 1. The van der Waals surface area contributed by atoms with Crippen LogP contribution >= 0.6 is 11.3 Å². The summed E-state index contributed by atoms with van der Waals surface area (Å²) >= 11 is 1.17. The Morgan fingerprint density at radius 3 is 2.41 bits per heavy atom. The number of nitrogens with zero attached hydrogens (tertiary/aromatic N) is 1. The van der Waals surface area contributed by atoms with Crippen LogP contribution in [0.1, 0.15) is 99.5 Å². The van der Waals surface area contributed by atoms with Gasteiger partial charge in [0.25, 0.3) is 0 Å². The van der Waals surface area contributed by atoms with Crippen molar-refractivity contribution in [1.29, 1.82) is 0 Å². The predicted octanol–water partition coefficient (Wildman–Crippen LogP) is 5.70. The van der Waals surface area contributed by atoms with Gasteiger partial charge in [-0.05, 0) is 69.8 Å². The molecule has 2 N–H and O–H groups in total. The highest BCUT2D eigenvalue weighted by atomic mass is 32.1. The summed E-state index contributed by atoms with van der Waals surface area (Å²) in [4.78, 5) is 28.6. The van der Waals surface area contributed by atoms with Crippen molar-refractivity contribution in [2.75, 3.05) is 4.90 Å². The molecule has 5 nitrogen and oxygen atoms in total. The van der Waals surface area contributed by atoms with Crippen LogP contribution in [-0.2, 0) is 4.79 Å². The van der Waals surface area contributed by atoms with Gasteiger partial charge in [0.05, 0.1) is 16.7 Å². The van der Waals surface area contributed by atoms with Crippen LogP contribution in [0.15, 0.2) is 6.07 Å². The smallest absolute Gasteiger partial charge is 0.348 e. The third kappa shape index (κ3) is 6.14. The van der Waals surface area contributed by atoms with E-state index in [2.05, 4.69) is 32.6 Å². The topological polar surface area (TPSA) is 77.8 Å². The Bertz CT molecular complexity index is 851. The predicted molar refractivity (Wildman–Crippen MR) is 129 cm³/mol. The summed E-state index contributed by atoms with van der Waals surface area (Å²) in [6, 6.07) is 1.74. The van der Waals surface area contributed by atoms with E-state index >= 15 is 0 Å². The zero-order chi connectivity index (χ0) is 23.3. The lowest BCUT2D eigenvalue weighted by molar-refractivity contribution is -0.124. The van der Waals surface area contributed by atoms with Crippen molar-refractivity contribution in [2.45, 2.75) is 97.1 Å². The number of hydrogen-bond donors (Lipinski definition) is 2. The number of thiophene rings is 1. The van der Waals surface area contributed by atoms with Gasteiger partial charge in [-0.3, -0.25) is 4.79 Å². The molecule has 0 saturated heterocycles. The van der Waals surface area contributed by atoms with Crippen LogP contribution < -0.4 is 4.90 Å². The van der Waals surface area contributed by atoms with Crippen molar-refractivity contribution in [2.24, 2.45) is 17.8 Å². The molecule has 0 aromatic carbocycles. The molecule has 2 saturated carbocycles. The molecule has 2 aliphatic rings. The van der Waals surface area contributed by atoms with Crippen LogP contribution in [0, 0.1) is 29.6 Å². The molecule has 1 aromatic rings. The summed E-state index contributed by atoms with van der Waals surface area (Å²) in [7, 11) is 0. The first-order chi connectivity index (χ1) is 15.3. The first-order valence-corrected chi connectivity index (χ1v) is 13.0. The van der Waals surface area contributed by atoms with Gasteiger partial charge in [-0.2, -0.15) is 0 Å². The first kappa shape index (κ1) is 24.8. The Balaban J connectivity index is 1.95. The first-order valence-electron chi connectivity index (χ1n) is 12.2. The second-order valence-corrected chi connectivity index (χ2v) is 10.8. The number of aliphatic hydroxyl groups is 1. The fraction of sp³-hybridized carbons (Fsp3) is 0.692. The van der Waals surface area contributed by atoms with E-state index in [-0.39, 0.29) is 34.8 Å². The molecule has 0 aliphatic heterocycles. The largest absolute Gasteiger partial charge is 0.477 e. The van der Waals surface area contributed by atoms with Gasteiger partial charge in [-0.25, -0.2) is 4.79 Å². The van der Waals surface area contributed by atoms with Crippen molar-refractivity contribution in [3.63, 3.8) is 0 Å². The maximum atomic E-state index is 13.8. The fourth-order valence-electron chi connectivity index (χ4n) is 4.99. The van der Waals surface area contributed by atoms with Crippen LogP contribution in [0.25, 0.3) is 0 Å². The quantitative estimate of drug-likeness (QED) is 0.535. The highest BCUT2D eigenvalue weighted by molar-refractivity contribution is 7.15. The molecule has 3 rings (SSSR count). The number of aromatic carboxylic acids is 1. The van der Waals surface area contributed by atoms with E-state index in [0.717, 1.165) is 38.5 Å². The molecule has 0 bridgehead atoms. The molecular weight excluding hydrogens is 422 g/mol. The van der Waals surface area contributed by atoms with E-state index < -0.39 is 5.97 Å². The van der Waals surface area contributed by atoms with Crippen LogP contribution in [-0.4, -0.2) is 34.2 Å². The highest BCUT2D eigenvalue weighted by Gasteiger charge is 2.37. The van der Waals surface area contributed by atoms with E-state index in [4.69, 9.17) is 0 Å². The minimum absolute atomic E-state index is 0.0532. The normalized spacial score (nSPS) is 26.6. The van der Waals surface area contributed by atoms with Crippen molar-refractivity contribution in [1.82, 2.24) is 0 Å². The minimum Gasteiger partial charge on any atom is -0.477 e. The Hall–Kier alpha value is -1.84. The minimum atomic E-state index is -1.01. The Morgan fingerprint density at radius 1 is 1.16 bits per heavy atom. The van der Waals surface area contributed by atoms with Crippen LogP contribution in [0.2, 0.25) is 0 Å². The average molecular weight is 460 g/mol. The Morgan fingerprint density at radius 2 is 1.81 bits per heavy atom. The van der Waals surface area contributed by atoms with E-state index in [1.165, 1.54) is 11.3 Å². The molecule has 1 heterocycles. The number of hydrogen-bond acceptors (Lipinski definition) is 4. The van der Waals surface area contributed by atoms with Gasteiger partial charge >= 0.3 is 5.97 Å². The fourth-order valence-corrected chi connectivity index (χ4v) is 5.84. The molecule has 0 radical (unpaired) electrons. The molecule has 32 heavy (non-hydrogen) atoms. The second kappa shape index (κ2) is 11.3. The van der Waals surface area contributed by atoms with Gasteiger partial charge in [-0.1, -0.05) is 39.0 Å². The lowest BCUT2D eigenvalue weighted by atomic mass is 9.81. The number of carbonyl (C=O) groups is 2. The summed E-state index contributed by atoms with van der Waals surface area (Å²) in [6.07, 6.45) is 8.20. The molecule has 2 aliphatic carbocycles. The standard InChI is InChI=1S/C26H37NO4S/c1-4-5-17(2)8-15-22-16-23(24(32-22)26(30)31)27(20-11-13-21(28)14-12-20)25(29)19-9-6-18(3)7-10-19/h16-21,28H,4-7,9-14H2,1-3H3,(H,30,31). The Kier molecular flexibility index (Phi) is 8.79. The van der Waals surface area contributed by atoms with Crippen LogP contribution in [0.3, 0.4) is 0 Å². The van der Waals surface area contributed by atoms with E-state index in [9.17, 15) is 19.8 Å². The summed E-state index contributed by atoms with van der Waals surface area (Å²) in [5.41, 5.74) is 0.500. The molecule has 6 heteroatoms. The number of amides is 1. The Labute approximate surface area is 196 Å². The molecule has 1 aromatic heterocycles. The average Bonchev–Trinajstić information content (AvgIpc) is 3.18. The number of aliphatic hydroxyl groups excluding tert-OH is 1. The zero-order valence-electron chi connectivity index (χ0n) is 19.6. The monoisotopic (exact) mass is 459 g/mol. The van der Waals surface area contributed by atoms with Gasteiger partial charge in [0.15, 0.2) is 0 Å². The van der Waals surface area contributed by atoms with Gasteiger partial charge in [0.1, 0.15) is 4.88 Å². The van der Waals surface area contributed by atoms with Gasteiger partial charge in [0.2, 0.25) is 5.91 Å². The van der Waals surface area contributed by atoms with Crippen LogP contribution in [0.5, 0.6) is 0 Å². The third-order valence-electron chi connectivity index (χ3n) is 6.96. The highest BCUT2D eigenvalue weighted by Crippen LogP contribution is 2.38. The van der Waals surface area contributed by atoms with Gasteiger partial charge in [0, 0.05) is 17.9 Å². The summed E-state index contributed by atoms with van der Waals surface area (Å²) in [5.74, 6) is 6.27. The number of anilines is 1. The second-order valence-electron chi connectivity index (χ2n) is 9.72. The number of rotatable bonds is 6. The van der Waals surface area contributed by atoms with Crippen molar-refractivity contribution in [3.05, 3.63) is 15.8 Å². The molecule has 1 unspecified atom stereocenters.